The zero-order valence-electron chi connectivity index (χ0n) is 16.3. The summed E-state index contributed by atoms with van der Waals surface area (Å²) in [6.45, 7) is 2.27. The van der Waals surface area contributed by atoms with Crippen LogP contribution in [0.1, 0.15) is 11.1 Å². The maximum absolute atomic E-state index is 12.3. The van der Waals surface area contributed by atoms with E-state index < -0.39 is 0 Å². The van der Waals surface area contributed by atoms with Crippen molar-refractivity contribution in [3.63, 3.8) is 0 Å². The molecule has 148 valence electrons. The zero-order chi connectivity index (χ0) is 20.5. The van der Waals surface area contributed by atoms with Crippen LogP contribution in [0.3, 0.4) is 0 Å². The molecule has 2 aromatic carbocycles. The van der Waals surface area contributed by atoms with Crippen LogP contribution in [-0.2, 0) is 4.79 Å². The van der Waals surface area contributed by atoms with Crippen LogP contribution in [0.5, 0.6) is 11.5 Å². The molecule has 0 fully saturated rings. The topological polar surface area (TPSA) is 64.9 Å². The first-order chi connectivity index (χ1) is 14.7. The van der Waals surface area contributed by atoms with Crippen LogP contribution >= 0.6 is 0 Å². The first-order valence-corrected chi connectivity index (χ1v) is 9.59. The van der Waals surface area contributed by atoms with E-state index in [-0.39, 0.29) is 12.7 Å². The van der Waals surface area contributed by atoms with E-state index in [9.17, 15) is 4.79 Å². The van der Waals surface area contributed by atoms with E-state index in [0.717, 1.165) is 39.5 Å². The number of hydrogen-bond donors (Lipinski definition) is 1. The molecule has 0 saturated heterocycles. The van der Waals surface area contributed by atoms with Gasteiger partial charge in [-0.3, -0.25) is 4.79 Å². The Morgan fingerprint density at radius 1 is 1.10 bits per heavy atom. The molecule has 0 radical (unpaired) electrons. The van der Waals surface area contributed by atoms with Gasteiger partial charge in [0.15, 0.2) is 11.5 Å². The maximum atomic E-state index is 12.3. The number of hydrogen-bond acceptors (Lipinski definition) is 4. The smallest absolute Gasteiger partial charge is 0.248 e. The number of amides is 1. The fourth-order valence-corrected chi connectivity index (χ4v) is 3.39. The minimum absolute atomic E-state index is 0.205. The SMILES string of the molecule is Cc1cccn2cc(-c3ccc(NC(=O)/C=C/c4ccc5c(c4)OCO5)cc3)nc12. The predicted octanol–water partition coefficient (Wildman–Crippen LogP) is 4.69. The summed E-state index contributed by atoms with van der Waals surface area (Å²) in [6.07, 6.45) is 7.23. The Bertz CT molecular complexity index is 1270. The number of ether oxygens (including phenoxy) is 2. The van der Waals surface area contributed by atoms with E-state index in [1.54, 1.807) is 6.08 Å². The molecule has 1 N–H and O–H groups in total. The Balaban J connectivity index is 1.27. The van der Waals surface area contributed by atoms with Crippen LogP contribution in [-0.4, -0.2) is 22.1 Å². The molecule has 0 bridgehead atoms. The van der Waals surface area contributed by atoms with Gasteiger partial charge in [0.1, 0.15) is 5.65 Å². The number of benzene rings is 2. The van der Waals surface area contributed by atoms with Crippen molar-refractivity contribution >= 4 is 23.3 Å². The number of nitrogens with zero attached hydrogens (tertiary/aromatic N) is 2. The summed E-state index contributed by atoms with van der Waals surface area (Å²) in [5, 5.41) is 2.87. The normalized spacial score (nSPS) is 12.6. The molecule has 0 spiro atoms. The lowest BCUT2D eigenvalue weighted by molar-refractivity contribution is -0.111. The Morgan fingerprint density at radius 2 is 1.93 bits per heavy atom. The van der Waals surface area contributed by atoms with Gasteiger partial charge in [-0.25, -0.2) is 4.98 Å². The number of nitrogens with one attached hydrogen (secondary N) is 1. The van der Waals surface area contributed by atoms with Gasteiger partial charge in [-0.15, -0.1) is 0 Å². The van der Waals surface area contributed by atoms with E-state index in [4.69, 9.17) is 14.5 Å². The van der Waals surface area contributed by atoms with Crippen molar-refractivity contribution in [3.8, 4) is 22.8 Å². The quantitative estimate of drug-likeness (QED) is 0.508. The highest BCUT2D eigenvalue weighted by Gasteiger charge is 2.12. The van der Waals surface area contributed by atoms with Gasteiger partial charge >= 0.3 is 0 Å². The molecule has 1 aliphatic rings. The lowest BCUT2D eigenvalue weighted by atomic mass is 10.1. The summed E-state index contributed by atoms with van der Waals surface area (Å²) in [5.74, 6) is 1.21. The second-order valence-corrected chi connectivity index (χ2v) is 7.06. The molecule has 5 rings (SSSR count). The minimum atomic E-state index is -0.205. The van der Waals surface area contributed by atoms with Crippen molar-refractivity contribution in [1.29, 1.82) is 0 Å². The summed E-state index contributed by atoms with van der Waals surface area (Å²) in [6, 6.07) is 17.3. The van der Waals surface area contributed by atoms with Crippen LogP contribution in [0.25, 0.3) is 23.0 Å². The van der Waals surface area contributed by atoms with Gasteiger partial charge in [0.2, 0.25) is 12.7 Å². The van der Waals surface area contributed by atoms with Gasteiger partial charge in [0.05, 0.1) is 5.69 Å². The molecule has 1 amide bonds. The van der Waals surface area contributed by atoms with Gasteiger partial charge in [0.25, 0.3) is 0 Å². The molecule has 4 aromatic rings. The Kier molecular flexibility index (Phi) is 4.44. The third kappa shape index (κ3) is 3.51. The van der Waals surface area contributed by atoms with Crippen molar-refractivity contribution in [1.82, 2.24) is 9.38 Å². The van der Waals surface area contributed by atoms with Gasteiger partial charge < -0.3 is 19.2 Å². The van der Waals surface area contributed by atoms with Crippen LogP contribution in [0.15, 0.2) is 73.1 Å². The second-order valence-electron chi connectivity index (χ2n) is 7.06. The van der Waals surface area contributed by atoms with Gasteiger partial charge in [0, 0.05) is 29.7 Å². The molecular weight excluding hydrogens is 378 g/mol. The molecule has 0 aliphatic carbocycles. The number of anilines is 1. The van der Waals surface area contributed by atoms with E-state index in [1.165, 1.54) is 6.08 Å². The number of carbonyl (C=O) groups is 1. The number of carbonyl (C=O) groups excluding carboxylic acids is 1. The summed E-state index contributed by atoms with van der Waals surface area (Å²) < 4.78 is 12.7. The van der Waals surface area contributed by atoms with E-state index in [2.05, 4.69) is 5.32 Å². The van der Waals surface area contributed by atoms with E-state index in [0.29, 0.717) is 5.75 Å². The number of fused-ring (bicyclic) bond motifs is 2. The minimum Gasteiger partial charge on any atom is -0.454 e. The fourth-order valence-electron chi connectivity index (χ4n) is 3.39. The van der Waals surface area contributed by atoms with Crippen LogP contribution in [0.4, 0.5) is 5.69 Å². The molecule has 1 aliphatic heterocycles. The van der Waals surface area contributed by atoms with Crippen LogP contribution < -0.4 is 14.8 Å². The molecule has 6 nitrogen and oxygen atoms in total. The summed E-state index contributed by atoms with van der Waals surface area (Å²) in [5.41, 5.74) is 5.54. The standard InChI is InChI=1S/C24H19N3O3/c1-16-3-2-12-27-14-20(26-24(16)27)18-6-8-19(9-7-18)25-23(28)11-5-17-4-10-21-22(13-17)30-15-29-21/h2-14H,15H2,1H3,(H,25,28)/b11-5+. The largest absolute Gasteiger partial charge is 0.454 e. The number of imidazole rings is 1. The number of aromatic nitrogens is 2. The second kappa shape index (κ2) is 7.40. The van der Waals surface area contributed by atoms with E-state index >= 15 is 0 Å². The lowest BCUT2D eigenvalue weighted by Crippen LogP contribution is -2.07. The number of rotatable bonds is 4. The van der Waals surface area contributed by atoms with Crippen LogP contribution in [0, 0.1) is 6.92 Å². The Labute approximate surface area is 173 Å². The van der Waals surface area contributed by atoms with Crippen LogP contribution in [0.2, 0.25) is 0 Å². The Hall–Kier alpha value is -4.06. The summed E-state index contributed by atoms with van der Waals surface area (Å²) in [4.78, 5) is 17.0. The first-order valence-electron chi connectivity index (χ1n) is 9.59. The monoisotopic (exact) mass is 397 g/mol. The molecular formula is C24H19N3O3. The summed E-state index contributed by atoms with van der Waals surface area (Å²) >= 11 is 0. The average molecular weight is 397 g/mol. The highest BCUT2D eigenvalue weighted by Crippen LogP contribution is 2.32. The fraction of sp³-hybridized carbons (Fsp3) is 0.0833. The average Bonchev–Trinajstić information content (AvgIpc) is 3.40. The highest BCUT2D eigenvalue weighted by atomic mass is 16.7. The predicted molar refractivity (Wildman–Crippen MR) is 116 cm³/mol. The molecule has 30 heavy (non-hydrogen) atoms. The molecule has 6 heteroatoms. The number of pyridine rings is 1. The lowest BCUT2D eigenvalue weighted by Gasteiger charge is -2.03. The third-order valence-corrected chi connectivity index (χ3v) is 4.95. The molecule has 0 unspecified atom stereocenters. The summed E-state index contributed by atoms with van der Waals surface area (Å²) in [7, 11) is 0. The molecule has 0 saturated carbocycles. The Morgan fingerprint density at radius 3 is 2.77 bits per heavy atom. The zero-order valence-corrected chi connectivity index (χ0v) is 16.3. The van der Waals surface area contributed by atoms with E-state index in [1.807, 2.05) is 78.3 Å². The van der Waals surface area contributed by atoms with Crippen molar-refractivity contribution in [2.45, 2.75) is 6.92 Å². The maximum Gasteiger partial charge on any atom is 0.248 e. The van der Waals surface area contributed by atoms with Crippen molar-refractivity contribution in [2.75, 3.05) is 12.1 Å². The van der Waals surface area contributed by atoms with Gasteiger partial charge in [-0.2, -0.15) is 0 Å². The van der Waals surface area contributed by atoms with Crippen molar-refractivity contribution in [2.24, 2.45) is 0 Å². The van der Waals surface area contributed by atoms with Crippen molar-refractivity contribution < 1.29 is 14.3 Å². The highest BCUT2D eigenvalue weighted by molar-refractivity contribution is 6.02. The van der Waals surface area contributed by atoms with Gasteiger partial charge in [-0.1, -0.05) is 24.3 Å². The first kappa shape index (κ1) is 18.0. The molecule has 3 heterocycles. The number of aryl methyl sites for hydroxylation is 1. The third-order valence-electron chi connectivity index (χ3n) is 4.95. The van der Waals surface area contributed by atoms with Crippen molar-refractivity contribution in [3.05, 3.63) is 84.2 Å². The van der Waals surface area contributed by atoms with Gasteiger partial charge in [-0.05, 0) is 54.5 Å². The molecule has 2 aromatic heterocycles. The molecule has 0 atom stereocenters.